The van der Waals surface area contributed by atoms with Crippen molar-refractivity contribution in [1.29, 1.82) is 0 Å². The summed E-state index contributed by atoms with van der Waals surface area (Å²) in [5.41, 5.74) is 4.55. The number of rotatable bonds is 8. The zero-order valence-corrected chi connectivity index (χ0v) is 19.0. The SMILES string of the molecule is COc1ccc(-n2nc(CCC(=O)NCc3cc(F)ccc3C)cc2-c2cccc(F)c2)cc1. The molecule has 0 aliphatic rings. The molecule has 1 aromatic heterocycles. The Kier molecular flexibility index (Phi) is 7.01. The highest BCUT2D eigenvalue weighted by Gasteiger charge is 2.14. The van der Waals surface area contributed by atoms with Crippen molar-refractivity contribution in [3.05, 3.63) is 101 Å². The van der Waals surface area contributed by atoms with Crippen LogP contribution in [0.25, 0.3) is 16.9 Å². The van der Waals surface area contributed by atoms with Crippen LogP contribution in [0.1, 0.15) is 23.2 Å². The predicted octanol–water partition coefficient (Wildman–Crippen LogP) is 5.38. The summed E-state index contributed by atoms with van der Waals surface area (Å²) in [7, 11) is 1.60. The molecule has 0 saturated carbocycles. The van der Waals surface area contributed by atoms with Crippen LogP contribution >= 0.6 is 0 Å². The number of aryl methyl sites for hydroxylation is 2. The lowest BCUT2D eigenvalue weighted by Gasteiger charge is -2.09. The maximum atomic E-state index is 13.9. The minimum atomic E-state index is -0.339. The van der Waals surface area contributed by atoms with Gasteiger partial charge < -0.3 is 10.1 Å². The van der Waals surface area contributed by atoms with Crippen molar-refractivity contribution in [2.24, 2.45) is 0 Å². The van der Waals surface area contributed by atoms with Gasteiger partial charge in [-0.1, -0.05) is 18.2 Å². The summed E-state index contributed by atoms with van der Waals surface area (Å²) >= 11 is 0. The molecule has 0 spiro atoms. The quantitative estimate of drug-likeness (QED) is 0.383. The molecule has 1 amide bonds. The maximum Gasteiger partial charge on any atom is 0.220 e. The van der Waals surface area contributed by atoms with E-state index in [0.29, 0.717) is 23.4 Å². The van der Waals surface area contributed by atoms with E-state index in [4.69, 9.17) is 4.74 Å². The number of hydrogen-bond donors (Lipinski definition) is 1. The van der Waals surface area contributed by atoms with Crippen LogP contribution in [0.2, 0.25) is 0 Å². The van der Waals surface area contributed by atoms with E-state index in [1.807, 2.05) is 43.3 Å². The molecule has 7 heteroatoms. The van der Waals surface area contributed by atoms with Crippen molar-refractivity contribution >= 4 is 5.91 Å². The Morgan fingerprint density at radius 1 is 1.00 bits per heavy atom. The lowest BCUT2D eigenvalue weighted by Crippen LogP contribution is -2.23. The van der Waals surface area contributed by atoms with Gasteiger partial charge in [-0.2, -0.15) is 5.10 Å². The van der Waals surface area contributed by atoms with Crippen molar-refractivity contribution in [2.75, 3.05) is 7.11 Å². The Morgan fingerprint density at radius 3 is 2.50 bits per heavy atom. The van der Waals surface area contributed by atoms with Crippen molar-refractivity contribution in [3.63, 3.8) is 0 Å². The van der Waals surface area contributed by atoms with Gasteiger partial charge in [-0.05, 0) is 72.6 Å². The topological polar surface area (TPSA) is 56.2 Å². The van der Waals surface area contributed by atoms with Crippen LogP contribution in [0, 0.1) is 18.6 Å². The number of aromatic nitrogens is 2. The molecule has 174 valence electrons. The Labute approximate surface area is 197 Å². The highest BCUT2D eigenvalue weighted by Crippen LogP contribution is 2.26. The molecule has 0 aliphatic carbocycles. The fraction of sp³-hybridized carbons (Fsp3) is 0.185. The van der Waals surface area contributed by atoms with E-state index >= 15 is 0 Å². The molecule has 0 unspecified atom stereocenters. The summed E-state index contributed by atoms with van der Waals surface area (Å²) < 4.78 is 34.3. The van der Waals surface area contributed by atoms with Crippen LogP contribution in [-0.4, -0.2) is 22.8 Å². The number of nitrogens with zero attached hydrogens (tertiary/aromatic N) is 2. The molecule has 3 aromatic carbocycles. The normalized spacial score (nSPS) is 10.8. The van der Waals surface area contributed by atoms with Gasteiger partial charge in [0.05, 0.1) is 24.2 Å². The zero-order valence-electron chi connectivity index (χ0n) is 19.0. The zero-order chi connectivity index (χ0) is 24.1. The van der Waals surface area contributed by atoms with E-state index in [-0.39, 0.29) is 30.5 Å². The minimum Gasteiger partial charge on any atom is -0.497 e. The largest absolute Gasteiger partial charge is 0.497 e. The Bertz CT molecular complexity index is 1300. The molecule has 1 N–H and O–H groups in total. The molecule has 5 nitrogen and oxygen atoms in total. The minimum absolute atomic E-state index is 0.157. The second-order valence-corrected chi connectivity index (χ2v) is 7.99. The van der Waals surface area contributed by atoms with Crippen LogP contribution in [0.4, 0.5) is 8.78 Å². The second-order valence-electron chi connectivity index (χ2n) is 7.99. The first-order valence-electron chi connectivity index (χ1n) is 10.9. The van der Waals surface area contributed by atoms with Crippen molar-refractivity contribution < 1.29 is 18.3 Å². The summed E-state index contributed by atoms with van der Waals surface area (Å²) in [6.45, 7) is 2.14. The highest BCUT2D eigenvalue weighted by molar-refractivity contribution is 5.76. The number of carbonyl (C=O) groups excluding carboxylic acids is 1. The van der Waals surface area contributed by atoms with Gasteiger partial charge in [-0.15, -0.1) is 0 Å². The van der Waals surface area contributed by atoms with Gasteiger partial charge in [0, 0.05) is 24.9 Å². The van der Waals surface area contributed by atoms with Crippen molar-refractivity contribution in [3.8, 4) is 22.7 Å². The monoisotopic (exact) mass is 461 g/mol. The van der Waals surface area contributed by atoms with E-state index in [1.165, 1.54) is 24.3 Å². The van der Waals surface area contributed by atoms with Crippen LogP contribution in [0.3, 0.4) is 0 Å². The average molecular weight is 462 g/mol. The van der Waals surface area contributed by atoms with Gasteiger partial charge in [-0.3, -0.25) is 4.79 Å². The summed E-state index contributed by atoms with van der Waals surface area (Å²) in [5, 5.41) is 7.52. The molecule has 34 heavy (non-hydrogen) atoms. The Balaban J connectivity index is 1.51. The van der Waals surface area contributed by atoms with E-state index in [9.17, 15) is 13.6 Å². The Morgan fingerprint density at radius 2 is 1.76 bits per heavy atom. The fourth-order valence-corrected chi connectivity index (χ4v) is 3.68. The number of benzene rings is 3. The fourth-order valence-electron chi connectivity index (χ4n) is 3.68. The van der Waals surface area contributed by atoms with E-state index in [1.54, 1.807) is 23.9 Å². The number of hydrogen-bond acceptors (Lipinski definition) is 3. The first-order valence-corrected chi connectivity index (χ1v) is 10.9. The van der Waals surface area contributed by atoms with Crippen LogP contribution in [-0.2, 0) is 17.8 Å². The van der Waals surface area contributed by atoms with Gasteiger partial charge >= 0.3 is 0 Å². The summed E-state index contributed by atoms with van der Waals surface area (Å²) in [6.07, 6.45) is 0.621. The highest BCUT2D eigenvalue weighted by atomic mass is 19.1. The third-order valence-electron chi connectivity index (χ3n) is 5.59. The molecule has 4 rings (SSSR count). The molecule has 0 radical (unpaired) electrons. The number of methoxy groups -OCH3 is 1. The molecule has 0 atom stereocenters. The lowest BCUT2D eigenvalue weighted by atomic mass is 10.1. The molecule has 0 fully saturated rings. The number of halogens is 2. The van der Waals surface area contributed by atoms with Gasteiger partial charge in [0.15, 0.2) is 0 Å². The molecule has 0 aliphatic heterocycles. The average Bonchev–Trinajstić information content (AvgIpc) is 3.28. The van der Waals surface area contributed by atoms with E-state index in [2.05, 4.69) is 10.4 Å². The van der Waals surface area contributed by atoms with Crippen molar-refractivity contribution in [2.45, 2.75) is 26.3 Å². The molecule has 0 saturated heterocycles. The maximum absolute atomic E-state index is 13.9. The van der Waals surface area contributed by atoms with E-state index in [0.717, 1.165) is 22.5 Å². The van der Waals surface area contributed by atoms with Gasteiger partial charge in [0.1, 0.15) is 17.4 Å². The number of ether oxygens (including phenoxy) is 1. The molecule has 4 aromatic rings. The molecule has 1 heterocycles. The third kappa shape index (κ3) is 5.49. The molecule has 0 bridgehead atoms. The number of carbonyl (C=O) groups is 1. The van der Waals surface area contributed by atoms with Crippen molar-refractivity contribution in [1.82, 2.24) is 15.1 Å². The third-order valence-corrected chi connectivity index (χ3v) is 5.59. The summed E-state index contributed by atoms with van der Waals surface area (Å²) in [6, 6.07) is 20.1. The standard InChI is InChI=1S/C27H25F2N3O2/c1-18-6-7-22(29)15-20(18)17-30-27(33)13-8-23-16-26(19-4-3-5-21(28)14-19)32(31-23)24-9-11-25(34-2)12-10-24/h3-7,9-12,14-16H,8,13,17H2,1-2H3,(H,30,33). The van der Waals surface area contributed by atoms with Gasteiger partial charge in [-0.25, -0.2) is 13.5 Å². The smallest absolute Gasteiger partial charge is 0.220 e. The molecular formula is C27H25F2N3O2. The van der Waals surface area contributed by atoms with Gasteiger partial charge in [0.25, 0.3) is 0 Å². The first-order chi connectivity index (χ1) is 16.4. The number of amides is 1. The van der Waals surface area contributed by atoms with Crippen LogP contribution in [0.5, 0.6) is 5.75 Å². The van der Waals surface area contributed by atoms with Crippen LogP contribution in [0.15, 0.2) is 72.8 Å². The second kappa shape index (κ2) is 10.3. The van der Waals surface area contributed by atoms with Gasteiger partial charge in [0.2, 0.25) is 5.91 Å². The van der Waals surface area contributed by atoms with Crippen LogP contribution < -0.4 is 10.1 Å². The lowest BCUT2D eigenvalue weighted by molar-refractivity contribution is -0.121. The Hall–Kier alpha value is -4.00. The molecular weight excluding hydrogens is 436 g/mol. The summed E-state index contributed by atoms with van der Waals surface area (Å²) in [4.78, 5) is 12.4. The number of nitrogens with one attached hydrogen (secondary N) is 1. The first kappa shape index (κ1) is 23.2. The van der Waals surface area contributed by atoms with E-state index < -0.39 is 0 Å². The predicted molar refractivity (Wildman–Crippen MR) is 127 cm³/mol. The summed E-state index contributed by atoms with van der Waals surface area (Å²) in [5.74, 6) is -0.110.